The number of ether oxygens (including phenoxy) is 1. The Morgan fingerprint density at radius 1 is 1.11 bits per heavy atom. The number of hydrogen-bond acceptors (Lipinski definition) is 3. The highest BCUT2D eigenvalue weighted by Gasteiger charge is 2.05. The van der Waals surface area contributed by atoms with E-state index >= 15 is 0 Å². The summed E-state index contributed by atoms with van der Waals surface area (Å²) in [6.07, 6.45) is 1.96. The van der Waals surface area contributed by atoms with Crippen molar-refractivity contribution in [1.29, 1.82) is 0 Å². The van der Waals surface area contributed by atoms with Crippen molar-refractivity contribution in [2.45, 2.75) is 20.5 Å². The molecule has 0 saturated heterocycles. The second kappa shape index (κ2) is 4.72. The van der Waals surface area contributed by atoms with Gasteiger partial charge in [-0.2, -0.15) is 0 Å². The Hall–Kier alpha value is -2.36. The Morgan fingerprint density at radius 2 is 1.95 bits per heavy atom. The first-order valence-corrected chi connectivity index (χ1v) is 6.23. The van der Waals surface area contributed by atoms with E-state index in [9.17, 15) is 0 Å². The van der Waals surface area contributed by atoms with E-state index in [1.54, 1.807) is 4.52 Å². The fourth-order valence-electron chi connectivity index (χ4n) is 1.95. The lowest BCUT2D eigenvalue weighted by molar-refractivity contribution is 0.294. The molecule has 2 aromatic heterocycles. The fraction of sp³-hybridized carbons (Fsp3) is 0.200. The van der Waals surface area contributed by atoms with E-state index in [4.69, 9.17) is 4.74 Å². The SMILES string of the molecule is Cc1ccc2nc(COc3ccccc3C)nn2c1. The van der Waals surface area contributed by atoms with E-state index in [1.807, 2.05) is 56.4 Å². The van der Waals surface area contributed by atoms with Gasteiger partial charge in [-0.15, -0.1) is 5.10 Å². The van der Waals surface area contributed by atoms with Gasteiger partial charge in [0, 0.05) is 6.20 Å². The average molecular weight is 253 g/mol. The Bertz CT molecular complexity index is 718. The van der Waals surface area contributed by atoms with Gasteiger partial charge in [0.15, 0.2) is 11.5 Å². The molecule has 0 atom stereocenters. The molecule has 0 aliphatic rings. The second-order valence-electron chi connectivity index (χ2n) is 4.59. The molecule has 96 valence electrons. The molecule has 0 unspecified atom stereocenters. The fourth-order valence-corrected chi connectivity index (χ4v) is 1.95. The summed E-state index contributed by atoms with van der Waals surface area (Å²) in [4.78, 5) is 4.43. The summed E-state index contributed by atoms with van der Waals surface area (Å²) >= 11 is 0. The van der Waals surface area contributed by atoms with Crippen molar-refractivity contribution >= 4 is 5.65 Å². The molecule has 3 rings (SSSR count). The molecule has 1 aromatic carbocycles. The van der Waals surface area contributed by atoms with Gasteiger partial charge in [-0.3, -0.25) is 0 Å². The van der Waals surface area contributed by atoms with Crippen LogP contribution in [0.25, 0.3) is 5.65 Å². The average Bonchev–Trinajstić information content (AvgIpc) is 2.79. The predicted octanol–water partition coefficient (Wildman–Crippen LogP) is 2.93. The monoisotopic (exact) mass is 253 g/mol. The molecule has 0 bridgehead atoms. The van der Waals surface area contributed by atoms with Crippen molar-refractivity contribution in [1.82, 2.24) is 14.6 Å². The number of hydrogen-bond donors (Lipinski definition) is 0. The summed E-state index contributed by atoms with van der Waals surface area (Å²) in [6, 6.07) is 11.9. The zero-order valence-electron chi connectivity index (χ0n) is 11.0. The van der Waals surface area contributed by atoms with E-state index < -0.39 is 0 Å². The summed E-state index contributed by atoms with van der Waals surface area (Å²) in [5.41, 5.74) is 3.11. The van der Waals surface area contributed by atoms with E-state index in [-0.39, 0.29) is 0 Å². The van der Waals surface area contributed by atoms with Gasteiger partial charge >= 0.3 is 0 Å². The minimum atomic E-state index is 0.381. The molecule has 19 heavy (non-hydrogen) atoms. The highest BCUT2D eigenvalue weighted by Crippen LogP contribution is 2.17. The van der Waals surface area contributed by atoms with Crippen LogP contribution in [0.3, 0.4) is 0 Å². The number of pyridine rings is 1. The third kappa shape index (κ3) is 2.42. The summed E-state index contributed by atoms with van der Waals surface area (Å²) in [7, 11) is 0. The van der Waals surface area contributed by atoms with Crippen LogP contribution in [0, 0.1) is 13.8 Å². The van der Waals surface area contributed by atoms with Crippen LogP contribution in [0.15, 0.2) is 42.6 Å². The lowest BCUT2D eigenvalue weighted by atomic mass is 10.2. The summed E-state index contributed by atoms with van der Waals surface area (Å²) in [6.45, 7) is 4.44. The largest absolute Gasteiger partial charge is 0.485 e. The standard InChI is InChI=1S/C15H15N3O/c1-11-7-8-15-16-14(17-18(15)9-11)10-19-13-6-4-3-5-12(13)2/h3-9H,10H2,1-2H3. The number of fused-ring (bicyclic) bond motifs is 1. The van der Waals surface area contributed by atoms with Crippen molar-refractivity contribution in [2.24, 2.45) is 0 Å². The first-order chi connectivity index (χ1) is 9.22. The number of rotatable bonds is 3. The molecule has 0 fully saturated rings. The normalized spacial score (nSPS) is 10.8. The predicted molar refractivity (Wildman–Crippen MR) is 73.2 cm³/mol. The molecule has 0 spiro atoms. The first-order valence-electron chi connectivity index (χ1n) is 6.23. The Kier molecular flexibility index (Phi) is 2.91. The smallest absolute Gasteiger partial charge is 0.189 e. The van der Waals surface area contributed by atoms with Crippen LogP contribution >= 0.6 is 0 Å². The summed E-state index contributed by atoms with van der Waals surface area (Å²) in [5, 5.41) is 4.40. The van der Waals surface area contributed by atoms with Gasteiger partial charge in [-0.25, -0.2) is 9.50 Å². The van der Waals surface area contributed by atoms with E-state index in [1.165, 1.54) is 0 Å². The number of aromatic nitrogens is 3. The highest BCUT2D eigenvalue weighted by atomic mass is 16.5. The van der Waals surface area contributed by atoms with Crippen LogP contribution in [-0.4, -0.2) is 14.6 Å². The maximum Gasteiger partial charge on any atom is 0.189 e. The van der Waals surface area contributed by atoms with Gasteiger partial charge < -0.3 is 4.74 Å². The third-order valence-corrected chi connectivity index (χ3v) is 2.97. The first kappa shape index (κ1) is 11.7. The van der Waals surface area contributed by atoms with Crippen LogP contribution in [-0.2, 0) is 6.61 Å². The van der Waals surface area contributed by atoms with Gasteiger partial charge in [0.25, 0.3) is 0 Å². The maximum absolute atomic E-state index is 5.74. The Labute approximate surface area is 111 Å². The summed E-state index contributed by atoms with van der Waals surface area (Å²) in [5.74, 6) is 1.56. The van der Waals surface area contributed by atoms with Crippen LogP contribution in [0.4, 0.5) is 0 Å². The molecule has 0 radical (unpaired) electrons. The van der Waals surface area contributed by atoms with Crippen molar-refractivity contribution in [3.63, 3.8) is 0 Å². The van der Waals surface area contributed by atoms with Crippen LogP contribution in [0.2, 0.25) is 0 Å². The highest BCUT2D eigenvalue weighted by molar-refractivity contribution is 5.38. The van der Waals surface area contributed by atoms with Gasteiger partial charge in [0.2, 0.25) is 0 Å². The minimum absolute atomic E-state index is 0.381. The topological polar surface area (TPSA) is 39.4 Å². The molecular weight excluding hydrogens is 238 g/mol. The third-order valence-electron chi connectivity index (χ3n) is 2.97. The number of benzene rings is 1. The van der Waals surface area contributed by atoms with Crippen molar-refractivity contribution in [2.75, 3.05) is 0 Å². The van der Waals surface area contributed by atoms with Crippen molar-refractivity contribution in [3.05, 3.63) is 59.5 Å². The van der Waals surface area contributed by atoms with E-state index in [0.717, 1.165) is 22.5 Å². The molecule has 0 amide bonds. The molecule has 0 aliphatic heterocycles. The molecule has 4 nitrogen and oxygen atoms in total. The van der Waals surface area contributed by atoms with Gasteiger partial charge in [0.05, 0.1) is 0 Å². The van der Waals surface area contributed by atoms with Crippen LogP contribution < -0.4 is 4.74 Å². The Morgan fingerprint density at radius 3 is 2.79 bits per heavy atom. The molecule has 0 saturated carbocycles. The van der Waals surface area contributed by atoms with Gasteiger partial charge in [0.1, 0.15) is 12.4 Å². The van der Waals surface area contributed by atoms with Gasteiger partial charge in [-0.1, -0.05) is 24.3 Å². The molecule has 0 N–H and O–H groups in total. The zero-order valence-corrected chi connectivity index (χ0v) is 11.0. The number of aryl methyl sites for hydroxylation is 2. The lowest BCUT2D eigenvalue weighted by Crippen LogP contribution is -1.99. The molecule has 4 heteroatoms. The molecule has 3 aromatic rings. The molecule has 2 heterocycles. The van der Waals surface area contributed by atoms with Crippen molar-refractivity contribution in [3.8, 4) is 5.75 Å². The zero-order chi connectivity index (χ0) is 13.2. The maximum atomic E-state index is 5.74. The quantitative estimate of drug-likeness (QED) is 0.720. The number of nitrogens with zero attached hydrogens (tertiary/aromatic N) is 3. The van der Waals surface area contributed by atoms with E-state index in [0.29, 0.717) is 12.4 Å². The van der Waals surface area contributed by atoms with Crippen LogP contribution in [0.5, 0.6) is 5.75 Å². The molecule has 0 aliphatic carbocycles. The van der Waals surface area contributed by atoms with Gasteiger partial charge in [-0.05, 0) is 37.1 Å². The second-order valence-corrected chi connectivity index (χ2v) is 4.59. The minimum Gasteiger partial charge on any atom is -0.485 e. The van der Waals surface area contributed by atoms with E-state index in [2.05, 4.69) is 10.1 Å². The van der Waals surface area contributed by atoms with Crippen molar-refractivity contribution < 1.29 is 4.74 Å². The lowest BCUT2D eigenvalue weighted by Gasteiger charge is -2.05. The number of para-hydroxylation sites is 1. The summed E-state index contributed by atoms with van der Waals surface area (Å²) < 4.78 is 7.53. The van der Waals surface area contributed by atoms with Crippen LogP contribution in [0.1, 0.15) is 17.0 Å². The molecular formula is C15H15N3O. The Balaban J connectivity index is 1.80.